The molecule has 2 N–H and O–H groups in total. The lowest BCUT2D eigenvalue weighted by Crippen LogP contribution is -2.26. The molecule has 0 aliphatic heterocycles. The first-order valence-electron chi connectivity index (χ1n) is 3.75. The molecule has 2 rings (SSSR count). The third kappa shape index (κ3) is 0.681. The number of primary amides is 1. The van der Waals surface area contributed by atoms with Gasteiger partial charge >= 0.3 is 0 Å². The Morgan fingerprint density at radius 1 is 1.40 bits per heavy atom. The lowest BCUT2D eigenvalue weighted by atomic mass is 9.93. The van der Waals surface area contributed by atoms with E-state index in [1.807, 2.05) is 0 Å². The average molecular weight is 137 g/mol. The maximum Gasteiger partial charge on any atom is 0.221 e. The zero-order valence-electron chi connectivity index (χ0n) is 5.79. The maximum absolute atomic E-state index is 10.8. The lowest BCUT2D eigenvalue weighted by Gasteiger charge is -2.12. The Morgan fingerprint density at radius 3 is 2.50 bits per heavy atom. The van der Waals surface area contributed by atoms with Crippen molar-refractivity contribution in [3.05, 3.63) is 12.2 Å². The van der Waals surface area contributed by atoms with Crippen molar-refractivity contribution >= 4 is 5.91 Å². The molecular formula is C8H11NO. The number of nitrogens with two attached hydrogens (primary N) is 1. The monoisotopic (exact) mass is 137 g/mol. The Kier molecular flexibility index (Phi) is 1.10. The summed E-state index contributed by atoms with van der Waals surface area (Å²) in [5.41, 5.74) is 5.21. The van der Waals surface area contributed by atoms with Crippen LogP contribution in [0.4, 0.5) is 0 Å². The van der Waals surface area contributed by atoms with Gasteiger partial charge in [0.1, 0.15) is 0 Å². The third-order valence-electron chi connectivity index (χ3n) is 2.64. The summed E-state index contributed by atoms with van der Waals surface area (Å²) >= 11 is 0. The molecule has 0 aromatic heterocycles. The minimum absolute atomic E-state index is 0.114. The predicted molar refractivity (Wildman–Crippen MR) is 38.0 cm³/mol. The second kappa shape index (κ2) is 1.84. The van der Waals surface area contributed by atoms with Crippen LogP contribution in [0.15, 0.2) is 12.2 Å². The normalized spacial score (nSPS) is 42.6. The first kappa shape index (κ1) is 5.96. The van der Waals surface area contributed by atoms with Gasteiger partial charge in [0.25, 0.3) is 0 Å². The Labute approximate surface area is 60.1 Å². The summed E-state index contributed by atoms with van der Waals surface area (Å²) in [6.07, 6.45) is 6.51. The van der Waals surface area contributed by atoms with Gasteiger partial charge < -0.3 is 5.73 Å². The van der Waals surface area contributed by atoms with Crippen LogP contribution in [0.25, 0.3) is 0 Å². The van der Waals surface area contributed by atoms with Gasteiger partial charge in [-0.1, -0.05) is 12.2 Å². The molecule has 1 saturated carbocycles. The van der Waals surface area contributed by atoms with Crippen LogP contribution in [0.5, 0.6) is 0 Å². The molecule has 0 unspecified atom stereocenters. The van der Waals surface area contributed by atoms with Gasteiger partial charge in [0.15, 0.2) is 0 Å². The van der Waals surface area contributed by atoms with Crippen molar-refractivity contribution in [2.24, 2.45) is 23.5 Å². The summed E-state index contributed by atoms with van der Waals surface area (Å²) < 4.78 is 0. The van der Waals surface area contributed by atoms with Crippen molar-refractivity contribution in [1.82, 2.24) is 0 Å². The quantitative estimate of drug-likeness (QED) is 0.531. The molecule has 10 heavy (non-hydrogen) atoms. The molecule has 0 radical (unpaired) electrons. The Hall–Kier alpha value is -0.790. The average Bonchev–Trinajstić information content (AvgIpc) is 2.44. The zero-order chi connectivity index (χ0) is 7.14. The van der Waals surface area contributed by atoms with E-state index in [1.54, 1.807) is 0 Å². The molecule has 2 nitrogen and oxygen atoms in total. The number of carbonyl (C=O) groups excluding carboxylic acids is 1. The van der Waals surface area contributed by atoms with Gasteiger partial charge in [-0.2, -0.15) is 0 Å². The zero-order valence-corrected chi connectivity index (χ0v) is 5.79. The second-order valence-corrected chi connectivity index (χ2v) is 3.29. The van der Waals surface area contributed by atoms with E-state index in [0.29, 0.717) is 11.8 Å². The largest absolute Gasteiger partial charge is 0.369 e. The highest BCUT2D eigenvalue weighted by molar-refractivity contribution is 5.78. The number of amides is 1. The van der Waals surface area contributed by atoms with Gasteiger partial charge in [-0.3, -0.25) is 4.79 Å². The van der Waals surface area contributed by atoms with E-state index >= 15 is 0 Å². The van der Waals surface area contributed by atoms with Gasteiger partial charge in [0.2, 0.25) is 5.91 Å². The molecule has 2 aliphatic rings. The highest BCUT2D eigenvalue weighted by Gasteiger charge is 2.38. The van der Waals surface area contributed by atoms with Crippen molar-refractivity contribution in [3.8, 4) is 0 Å². The van der Waals surface area contributed by atoms with Gasteiger partial charge in [0.05, 0.1) is 0 Å². The van der Waals surface area contributed by atoms with Crippen LogP contribution in [0.2, 0.25) is 0 Å². The van der Waals surface area contributed by atoms with E-state index in [4.69, 9.17) is 5.73 Å². The summed E-state index contributed by atoms with van der Waals surface area (Å²) in [5.74, 6) is 1.16. The number of rotatable bonds is 1. The van der Waals surface area contributed by atoms with E-state index in [0.717, 1.165) is 12.8 Å². The second-order valence-electron chi connectivity index (χ2n) is 3.29. The molecule has 1 amide bonds. The maximum atomic E-state index is 10.8. The number of hydrogen-bond donors (Lipinski definition) is 1. The van der Waals surface area contributed by atoms with Crippen molar-refractivity contribution in [2.75, 3.05) is 0 Å². The van der Waals surface area contributed by atoms with Crippen LogP contribution < -0.4 is 5.73 Å². The number of allylic oxidation sites excluding steroid dienone is 2. The summed E-state index contributed by atoms with van der Waals surface area (Å²) in [6.45, 7) is 0. The van der Waals surface area contributed by atoms with Crippen LogP contribution in [0.3, 0.4) is 0 Å². The molecule has 0 spiro atoms. The number of carbonyl (C=O) groups is 1. The molecule has 2 aliphatic carbocycles. The Morgan fingerprint density at radius 2 is 2.20 bits per heavy atom. The van der Waals surface area contributed by atoms with Crippen molar-refractivity contribution in [3.63, 3.8) is 0 Å². The van der Waals surface area contributed by atoms with Crippen molar-refractivity contribution in [2.45, 2.75) is 12.8 Å². The molecule has 3 atom stereocenters. The molecule has 0 aromatic carbocycles. The van der Waals surface area contributed by atoms with Crippen LogP contribution in [-0.4, -0.2) is 5.91 Å². The SMILES string of the molecule is NC(=O)[C@H]1C[C@@H]2C=C[C@H]1C2. The van der Waals surface area contributed by atoms with Crippen LogP contribution in [0, 0.1) is 17.8 Å². The number of hydrogen-bond acceptors (Lipinski definition) is 1. The minimum Gasteiger partial charge on any atom is -0.369 e. The van der Waals surface area contributed by atoms with Crippen LogP contribution >= 0.6 is 0 Å². The van der Waals surface area contributed by atoms with E-state index in [-0.39, 0.29) is 11.8 Å². The first-order chi connectivity index (χ1) is 4.77. The third-order valence-corrected chi connectivity index (χ3v) is 2.64. The van der Waals surface area contributed by atoms with E-state index in [2.05, 4.69) is 12.2 Å². The van der Waals surface area contributed by atoms with E-state index < -0.39 is 0 Å². The van der Waals surface area contributed by atoms with Crippen molar-refractivity contribution < 1.29 is 4.79 Å². The summed E-state index contributed by atoms with van der Waals surface area (Å²) in [7, 11) is 0. The summed E-state index contributed by atoms with van der Waals surface area (Å²) in [4.78, 5) is 10.8. The summed E-state index contributed by atoms with van der Waals surface area (Å²) in [6, 6.07) is 0. The van der Waals surface area contributed by atoms with Crippen LogP contribution in [-0.2, 0) is 4.79 Å². The smallest absolute Gasteiger partial charge is 0.221 e. The fourth-order valence-corrected chi connectivity index (χ4v) is 2.11. The van der Waals surface area contributed by atoms with Gasteiger partial charge in [-0.05, 0) is 24.7 Å². The highest BCUT2D eigenvalue weighted by Crippen LogP contribution is 2.42. The number of fused-ring (bicyclic) bond motifs is 2. The Bertz CT molecular complexity index is 197. The summed E-state index contributed by atoms with van der Waals surface area (Å²) in [5, 5.41) is 0. The highest BCUT2D eigenvalue weighted by atomic mass is 16.1. The fraction of sp³-hybridized carbons (Fsp3) is 0.625. The standard InChI is InChI=1S/C8H11NO/c9-8(10)7-4-5-1-2-6(7)3-5/h1-2,5-7H,3-4H2,(H2,9,10)/t5-,6+,7+/m1/s1. The lowest BCUT2D eigenvalue weighted by molar-refractivity contribution is -0.122. The molecule has 0 aromatic rings. The predicted octanol–water partition coefficient (Wildman–Crippen LogP) is 0.684. The van der Waals surface area contributed by atoms with Gasteiger partial charge in [0, 0.05) is 5.92 Å². The Balaban J connectivity index is 2.16. The fourth-order valence-electron chi connectivity index (χ4n) is 2.11. The van der Waals surface area contributed by atoms with Gasteiger partial charge in [-0.25, -0.2) is 0 Å². The molecule has 0 heterocycles. The van der Waals surface area contributed by atoms with Crippen molar-refractivity contribution in [1.29, 1.82) is 0 Å². The molecule has 2 heteroatoms. The first-order valence-corrected chi connectivity index (χ1v) is 3.75. The van der Waals surface area contributed by atoms with Crippen LogP contribution in [0.1, 0.15) is 12.8 Å². The van der Waals surface area contributed by atoms with Gasteiger partial charge in [-0.15, -0.1) is 0 Å². The molecule has 1 fully saturated rings. The molecule has 54 valence electrons. The minimum atomic E-state index is -0.114. The molecular weight excluding hydrogens is 126 g/mol. The van der Waals surface area contributed by atoms with E-state index in [1.165, 1.54) is 0 Å². The van der Waals surface area contributed by atoms with E-state index in [9.17, 15) is 4.79 Å². The topological polar surface area (TPSA) is 43.1 Å². The molecule has 0 saturated heterocycles. The molecule has 2 bridgehead atoms.